The number of benzene rings is 3. The van der Waals surface area contributed by atoms with Crippen molar-refractivity contribution in [3.05, 3.63) is 78.6 Å². The molecule has 0 unspecified atom stereocenters. The summed E-state index contributed by atoms with van der Waals surface area (Å²) in [4.78, 5) is 4.76. The van der Waals surface area contributed by atoms with Crippen LogP contribution in [-0.4, -0.2) is 21.6 Å². The zero-order chi connectivity index (χ0) is 23.5. The minimum absolute atomic E-state index is 0.207. The summed E-state index contributed by atoms with van der Waals surface area (Å²) in [5.41, 5.74) is 14.5. The third-order valence-electron chi connectivity index (χ3n) is 6.95. The van der Waals surface area contributed by atoms with Gasteiger partial charge in [0.25, 0.3) is 0 Å². The third kappa shape index (κ3) is 4.80. The number of hydrogen-bond donors (Lipinski definition) is 3. The number of nitrogens with one attached hydrogen (secondary N) is 2. The Balaban J connectivity index is 1.39. The molecule has 2 atom stereocenters. The van der Waals surface area contributed by atoms with Gasteiger partial charge < -0.3 is 20.9 Å². The lowest BCUT2D eigenvalue weighted by Crippen LogP contribution is -2.42. The molecular weight excluding hydrogens is 418 g/mol. The molecule has 5 nitrogen and oxygen atoms in total. The van der Waals surface area contributed by atoms with Crippen molar-refractivity contribution in [1.29, 1.82) is 0 Å². The van der Waals surface area contributed by atoms with Gasteiger partial charge >= 0.3 is 0 Å². The first-order chi connectivity index (χ1) is 16.6. The van der Waals surface area contributed by atoms with Crippen LogP contribution >= 0.6 is 0 Å². The van der Waals surface area contributed by atoms with Gasteiger partial charge in [0.15, 0.2) is 0 Å². The van der Waals surface area contributed by atoms with E-state index in [2.05, 4.69) is 89.7 Å². The first kappa shape index (κ1) is 22.5. The molecule has 1 aliphatic carbocycles. The summed E-state index contributed by atoms with van der Waals surface area (Å²) < 4.78 is 2.24. The van der Waals surface area contributed by atoms with Crippen molar-refractivity contribution in [1.82, 2.24) is 9.55 Å². The molecule has 4 aromatic rings. The monoisotopic (exact) mass is 453 g/mol. The fraction of sp³-hybridized carbons (Fsp3) is 0.345. The third-order valence-corrected chi connectivity index (χ3v) is 6.95. The van der Waals surface area contributed by atoms with Crippen molar-refractivity contribution in [3.63, 3.8) is 0 Å². The zero-order valence-corrected chi connectivity index (χ0v) is 20.2. The number of fused-ring (bicyclic) bond motifs is 1. The molecule has 0 saturated heterocycles. The average molecular weight is 454 g/mol. The second-order valence-corrected chi connectivity index (χ2v) is 9.75. The van der Waals surface area contributed by atoms with Gasteiger partial charge in [-0.1, -0.05) is 67.4 Å². The molecular formula is C29H35N5. The summed E-state index contributed by atoms with van der Waals surface area (Å²) >= 11 is 0. The van der Waals surface area contributed by atoms with Crippen LogP contribution in [0.15, 0.2) is 73.1 Å². The molecule has 176 valence electrons. The van der Waals surface area contributed by atoms with E-state index in [-0.39, 0.29) is 6.04 Å². The number of nitrogens with zero attached hydrogens (tertiary/aromatic N) is 2. The molecule has 1 saturated carbocycles. The SMILES string of the molecule is CC(C)n1cnc2c(NCc3ccc(-c4ccccc4)cc3)cc(N[C@@H]3CCCC[C@H]3N)cc21. The Morgan fingerprint density at radius 3 is 2.44 bits per heavy atom. The van der Waals surface area contributed by atoms with Crippen LogP contribution in [-0.2, 0) is 6.54 Å². The van der Waals surface area contributed by atoms with Crippen molar-refractivity contribution in [3.8, 4) is 11.1 Å². The van der Waals surface area contributed by atoms with Gasteiger partial charge in [0.05, 0.1) is 17.5 Å². The molecule has 5 heteroatoms. The summed E-state index contributed by atoms with van der Waals surface area (Å²) in [6.45, 7) is 5.13. The van der Waals surface area contributed by atoms with Crippen molar-refractivity contribution in [2.24, 2.45) is 5.73 Å². The predicted molar refractivity (Wildman–Crippen MR) is 143 cm³/mol. The van der Waals surface area contributed by atoms with Gasteiger partial charge in [0.1, 0.15) is 5.52 Å². The van der Waals surface area contributed by atoms with Gasteiger partial charge in [-0.25, -0.2) is 4.98 Å². The highest BCUT2D eigenvalue weighted by molar-refractivity contribution is 5.92. The highest BCUT2D eigenvalue weighted by Crippen LogP contribution is 2.31. The number of hydrogen-bond acceptors (Lipinski definition) is 4. The van der Waals surface area contributed by atoms with E-state index in [9.17, 15) is 0 Å². The fourth-order valence-electron chi connectivity index (χ4n) is 4.96. The zero-order valence-electron chi connectivity index (χ0n) is 20.2. The first-order valence-corrected chi connectivity index (χ1v) is 12.5. The lowest BCUT2D eigenvalue weighted by Gasteiger charge is -2.30. The molecule has 34 heavy (non-hydrogen) atoms. The Bertz CT molecular complexity index is 1230. The van der Waals surface area contributed by atoms with E-state index in [4.69, 9.17) is 10.7 Å². The number of nitrogens with two attached hydrogens (primary N) is 1. The fourth-order valence-corrected chi connectivity index (χ4v) is 4.96. The number of aromatic nitrogens is 2. The van der Waals surface area contributed by atoms with Gasteiger partial charge in [-0.2, -0.15) is 0 Å². The number of rotatable bonds is 7. The summed E-state index contributed by atoms with van der Waals surface area (Å²) in [5.74, 6) is 0. The molecule has 4 N–H and O–H groups in total. The minimum Gasteiger partial charge on any atom is -0.381 e. The van der Waals surface area contributed by atoms with E-state index in [0.29, 0.717) is 12.1 Å². The molecule has 1 aromatic heterocycles. The largest absolute Gasteiger partial charge is 0.381 e. The molecule has 0 bridgehead atoms. The molecule has 3 aromatic carbocycles. The summed E-state index contributed by atoms with van der Waals surface area (Å²) in [5, 5.41) is 7.39. The normalized spacial score (nSPS) is 18.4. The minimum atomic E-state index is 0.207. The Morgan fingerprint density at radius 1 is 0.971 bits per heavy atom. The van der Waals surface area contributed by atoms with Crippen LogP contribution in [0.1, 0.15) is 51.1 Å². The Morgan fingerprint density at radius 2 is 1.71 bits per heavy atom. The summed E-state index contributed by atoms with van der Waals surface area (Å²) in [7, 11) is 0. The maximum atomic E-state index is 6.43. The predicted octanol–water partition coefficient (Wildman–Crippen LogP) is 6.58. The smallest absolute Gasteiger partial charge is 0.112 e. The van der Waals surface area contributed by atoms with Gasteiger partial charge in [0.2, 0.25) is 0 Å². The van der Waals surface area contributed by atoms with Crippen LogP contribution in [0.4, 0.5) is 11.4 Å². The lowest BCUT2D eigenvalue weighted by molar-refractivity contribution is 0.404. The van der Waals surface area contributed by atoms with E-state index in [1.165, 1.54) is 29.5 Å². The van der Waals surface area contributed by atoms with Crippen molar-refractivity contribution in [2.45, 2.75) is 64.2 Å². The highest BCUT2D eigenvalue weighted by atomic mass is 15.1. The van der Waals surface area contributed by atoms with Gasteiger partial charge in [-0.05, 0) is 55.5 Å². The Labute approximate surface area is 202 Å². The standard InChI is InChI=1S/C29H35N5/c1-20(2)34-19-32-29-27(16-24(17-28(29)34)33-26-11-7-6-10-25(26)30)31-18-21-12-14-23(15-13-21)22-8-4-3-5-9-22/h3-5,8-9,12-17,19-20,25-26,31,33H,6-7,10-11,18,30H2,1-2H3/t25-,26-/m1/s1. The summed E-state index contributed by atoms with van der Waals surface area (Å²) in [6, 6.07) is 24.6. The van der Waals surface area contributed by atoms with E-state index in [1.54, 1.807) is 0 Å². The van der Waals surface area contributed by atoms with Gasteiger partial charge in [0, 0.05) is 30.4 Å². The van der Waals surface area contributed by atoms with Crippen LogP contribution in [0.3, 0.4) is 0 Å². The quantitative estimate of drug-likeness (QED) is 0.296. The number of imidazole rings is 1. The highest BCUT2D eigenvalue weighted by Gasteiger charge is 2.22. The molecule has 0 radical (unpaired) electrons. The van der Waals surface area contributed by atoms with Crippen LogP contribution in [0, 0.1) is 0 Å². The summed E-state index contributed by atoms with van der Waals surface area (Å²) in [6.07, 6.45) is 6.63. The van der Waals surface area contributed by atoms with Crippen molar-refractivity contribution >= 4 is 22.4 Å². The molecule has 1 fully saturated rings. The van der Waals surface area contributed by atoms with E-state index < -0.39 is 0 Å². The molecule has 1 aliphatic rings. The van der Waals surface area contributed by atoms with Crippen LogP contribution in [0.5, 0.6) is 0 Å². The van der Waals surface area contributed by atoms with Crippen molar-refractivity contribution in [2.75, 3.05) is 10.6 Å². The average Bonchev–Trinajstić information content (AvgIpc) is 3.29. The topological polar surface area (TPSA) is 67.9 Å². The lowest BCUT2D eigenvalue weighted by atomic mass is 9.91. The number of anilines is 2. The van der Waals surface area contributed by atoms with Gasteiger partial charge in [-0.3, -0.25) is 0 Å². The van der Waals surface area contributed by atoms with Crippen LogP contribution in [0.2, 0.25) is 0 Å². The molecule has 0 spiro atoms. The molecule has 0 aliphatic heterocycles. The maximum absolute atomic E-state index is 6.43. The molecule has 5 rings (SSSR count). The Kier molecular flexibility index (Phi) is 6.54. The van der Waals surface area contributed by atoms with E-state index >= 15 is 0 Å². The van der Waals surface area contributed by atoms with E-state index in [1.807, 2.05) is 12.4 Å². The molecule has 1 heterocycles. The van der Waals surface area contributed by atoms with Gasteiger partial charge in [-0.15, -0.1) is 0 Å². The second-order valence-electron chi connectivity index (χ2n) is 9.75. The van der Waals surface area contributed by atoms with Crippen molar-refractivity contribution < 1.29 is 0 Å². The first-order valence-electron chi connectivity index (χ1n) is 12.5. The Hall–Kier alpha value is -3.31. The van der Waals surface area contributed by atoms with Crippen LogP contribution in [0.25, 0.3) is 22.2 Å². The molecule has 0 amide bonds. The van der Waals surface area contributed by atoms with Crippen LogP contribution < -0.4 is 16.4 Å². The maximum Gasteiger partial charge on any atom is 0.112 e. The van der Waals surface area contributed by atoms with E-state index in [0.717, 1.165) is 41.8 Å². The second kappa shape index (κ2) is 9.90.